The molecule has 0 radical (unpaired) electrons. The van der Waals surface area contributed by atoms with E-state index in [1.165, 1.54) is 10.4 Å². The Bertz CT molecular complexity index is 462. The van der Waals surface area contributed by atoms with E-state index in [-0.39, 0.29) is 10.4 Å². The first-order valence-corrected chi connectivity index (χ1v) is 9.00. The third-order valence-electron chi connectivity index (χ3n) is 3.44. The number of benzene rings is 2. The summed E-state index contributed by atoms with van der Waals surface area (Å²) in [4.78, 5) is 0. The number of alkyl halides is 1. The Morgan fingerprint density at radius 3 is 1.47 bits per heavy atom. The van der Waals surface area contributed by atoms with Crippen LogP contribution in [0, 0.1) is 5.41 Å². The molecule has 0 heterocycles. The molecule has 2 aromatic carbocycles. The summed E-state index contributed by atoms with van der Waals surface area (Å²) in [5, 5.41) is 3.03. The summed E-state index contributed by atoms with van der Waals surface area (Å²) in [6.45, 7) is 6.70. The zero-order valence-corrected chi connectivity index (χ0v) is 13.7. The van der Waals surface area contributed by atoms with E-state index in [4.69, 9.17) is 11.6 Å². The van der Waals surface area contributed by atoms with Crippen LogP contribution in [0.5, 0.6) is 0 Å². The number of hydrogen-bond donors (Lipinski definition) is 0. The molecule has 0 amide bonds. The van der Waals surface area contributed by atoms with Crippen LogP contribution in [0.3, 0.4) is 0 Å². The van der Waals surface area contributed by atoms with Gasteiger partial charge in [-0.2, -0.15) is 0 Å². The summed E-state index contributed by atoms with van der Waals surface area (Å²) in [6, 6.07) is 21.5. The normalized spacial score (nSPS) is 13.5. The summed E-state index contributed by atoms with van der Waals surface area (Å²) in [5.41, 5.74) is 0.115. The van der Waals surface area contributed by atoms with Gasteiger partial charge in [0.2, 0.25) is 0 Å². The van der Waals surface area contributed by atoms with E-state index in [0.717, 1.165) is 0 Å². The van der Waals surface area contributed by atoms with E-state index in [9.17, 15) is 0 Å². The van der Waals surface area contributed by atoms with Gasteiger partial charge in [-0.05, 0) is 5.41 Å². The van der Waals surface area contributed by atoms with Gasteiger partial charge in [0.1, 0.15) is 8.80 Å². The molecule has 0 bridgehead atoms. The Labute approximate surface area is 123 Å². The fraction of sp³-hybridized carbons (Fsp3) is 0.294. The molecule has 19 heavy (non-hydrogen) atoms. The van der Waals surface area contributed by atoms with E-state index in [1.54, 1.807) is 0 Å². The smallest absolute Gasteiger partial charge is 0.122 e. The molecular formula is C17H21ClSi. The largest absolute Gasteiger partial charge is 0.125 e. The number of hydrogen-bond acceptors (Lipinski definition) is 0. The van der Waals surface area contributed by atoms with Crippen molar-refractivity contribution in [2.75, 3.05) is 0 Å². The molecule has 2 heteroatoms. The molecule has 0 aromatic heterocycles. The maximum atomic E-state index is 6.85. The van der Waals surface area contributed by atoms with Crippen molar-refractivity contribution in [3.8, 4) is 0 Å². The predicted octanol–water partition coefficient (Wildman–Crippen LogP) is 3.22. The first-order chi connectivity index (χ1) is 9.00. The van der Waals surface area contributed by atoms with Gasteiger partial charge in [0.05, 0.1) is 0 Å². The van der Waals surface area contributed by atoms with Crippen LogP contribution >= 0.6 is 11.6 Å². The van der Waals surface area contributed by atoms with Gasteiger partial charge in [-0.15, -0.1) is 11.6 Å². The second-order valence-electron chi connectivity index (χ2n) is 6.07. The van der Waals surface area contributed by atoms with Gasteiger partial charge in [-0.25, -0.2) is 0 Å². The fourth-order valence-electron chi connectivity index (χ4n) is 2.35. The molecule has 100 valence electrons. The van der Waals surface area contributed by atoms with E-state index < -0.39 is 8.80 Å². The van der Waals surface area contributed by atoms with Crippen molar-refractivity contribution in [3.05, 3.63) is 60.7 Å². The van der Waals surface area contributed by atoms with Gasteiger partial charge in [-0.3, -0.25) is 0 Å². The quantitative estimate of drug-likeness (QED) is 0.601. The monoisotopic (exact) mass is 288 g/mol. The van der Waals surface area contributed by atoms with Crippen LogP contribution in [0.15, 0.2) is 60.7 Å². The Hall–Kier alpha value is -1.05. The molecule has 0 aliphatic carbocycles. The van der Waals surface area contributed by atoms with E-state index in [2.05, 4.69) is 81.4 Å². The third-order valence-corrected chi connectivity index (χ3v) is 8.64. The minimum Gasteiger partial charge on any atom is -0.125 e. The van der Waals surface area contributed by atoms with Crippen molar-refractivity contribution >= 4 is 30.8 Å². The lowest BCUT2D eigenvalue weighted by atomic mass is 10.00. The van der Waals surface area contributed by atoms with Crippen LogP contribution in [0.25, 0.3) is 0 Å². The van der Waals surface area contributed by atoms with Crippen LogP contribution < -0.4 is 10.4 Å². The SMILES string of the molecule is CC(C)(C)C(Cl)[SiH](c1ccccc1)c1ccccc1. The lowest BCUT2D eigenvalue weighted by Crippen LogP contribution is -2.53. The second kappa shape index (κ2) is 5.94. The summed E-state index contributed by atoms with van der Waals surface area (Å²) in [6.07, 6.45) is 0. The van der Waals surface area contributed by atoms with Crippen molar-refractivity contribution in [1.82, 2.24) is 0 Å². The zero-order chi connectivity index (χ0) is 13.9. The topological polar surface area (TPSA) is 0 Å². The molecule has 0 saturated heterocycles. The van der Waals surface area contributed by atoms with Crippen molar-refractivity contribution in [2.24, 2.45) is 5.41 Å². The Balaban J connectivity index is 2.46. The van der Waals surface area contributed by atoms with Gasteiger partial charge in [0, 0.05) is 5.00 Å². The molecular weight excluding hydrogens is 268 g/mol. The summed E-state index contributed by atoms with van der Waals surface area (Å²) >= 11 is 6.85. The molecule has 0 nitrogen and oxygen atoms in total. The Kier molecular flexibility index (Phi) is 4.49. The van der Waals surface area contributed by atoms with Crippen LogP contribution in [-0.4, -0.2) is 13.8 Å². The molecule has 1 unspecified atom stereocenters. The molecule has 0 fully saturated rings. The van der Waals surface area contributed by atoms with Crippen molar-refractivity contribution < 1.29 is 0 Å². The van der Waals surface area contributed by atoms with Gasteiger partial charge in [0.15, 0.2) is 0 Å². The molecule has 1 atom stereocenters. The second-order valence-corrected chi connectivity index (χ2v) is 9.91. The van der Waals surface area contributed by atoms with Gasteiger partial charge < -0.3 is 0 Å². The molecule has 2 rings (SSSR count). The lowest BCUT2D eigenvalue weighted by Gasteiger charge is -2.32. The molecule has 0 aliphatic rings. The first-order valence-electron chi connectivity index (χ1n) is 6.74. The van der Waals surface area contributed by atoms with Crippen LogP contribution in [0.1, 0.15) is 20.8 Å². The van der Waals surface area contributed by atoms with Crippen LogP contribution in [0.2, 0.25) is 0 Å². The number of halogens is 1. The highest BCUT2D eigenvalue weighted by Crippen LogP contribution is 2.26. The Morgan fingerprint density at radius 1 is 0.789 bits per heavy atom. The Morgan fingerprint density at radius 2 is 1.16 bits per heavy atom. The average Bonchev–Trinajstić information content (AvgIpc) is 2.40. The van der Waals surface area contributed by atoms with Crippen molar-refractivity contribution in [3.63, 3.8) is 0 Å². The van der Waals surface area contributed by atoms with Crippen molar-refractivity contribution in [2.45, 2.75) is 25.8 Å². The zero-order valence-electron chi connectivity index (χ0n) is 11.8. The minimum atomic E-state index is -1.40. The molecule has 0 spiro atoms. The summed E-state index contributed by atoms with van der Waals surface area (Å²) in [7, 11) is -1.40. The maximum absolute atomic E-state index is 6.85. The molecule has 0 N–H and O–H groups in total. The van der Waals surface area contributed by atoms with E-state index >= 15 is 0 Å². The highest BCUT2D eigenvalue weighted by molar-refractivity contribution is 6.91. The van der Waals surface area contributed by atoms with Crippen LogP contribution in [0.4, 0.5) is 0 Å². The number of rotatable bonds is 3. The third kappa shape index (κ3) is 3.49. The van der Waals surface area contributed by atoms with Gasteiger partial charge >= 0.3 is 0 Å². The van der Waals surface area contributed by atoms with Crippen molar-refractivity contribution in [1.29, 1.82) is 0 Å². The molecule has 2 aromatic rings. The lowest BCUT2D eigenvalue weighted by molar-refractivity contribution is 0.447. The maximum Gasteiger partial charge on any atom is 0.122 e. The van der Waals surface area contributed by atoms with Gasteiger partial charge in [-0.1, -0.05) is 91.8 Å². The average molecular weight is 289 g/mol. The van der Waals surface area contributed by atoms with Gasteiger partial charge in [0.25, 0.3) is 0 Å². The van der Waals surface area contributed by atoms with E-state index in [0.29, 0.717) is 0 Å². The highest BCUT2D eigenvalue weighted by Gasteiger charge is 2.33. The molecule has 0 saturated carbocycles. The van der Waals surface area contributed by atoms with Crippen LogP contribution in [-0.2, 0) is 0 Å². The van der Waals surface area contributed by atoms with E-state index in [1.807, 2.05) is 0 Å². The minimum absolute atomic E-state index is 0.115. The fourth-order valence-corrected chi connectivity index (χ4v) is 6.56. The standard InChI is InChI=1S/C17H21ClSi/c1-17(2,3)16(18)19(14-10-6-4-7-11-14)15-12-8-5-9-13-15/h4-13,16,19H,1-3H3. The predicted molar refractivity (Wildman–Crippen MR) is 88.4 cm³/mol. The summed E-state index contributed by atoms with van der Waals surface area (Å²) < 4.78 is 0. The highest BCUT2D eigenvalue weighted by atomic mass is 35.5. The molecule has 0 aliphatic heterocycles. The first kappa shape index (κ1) is 14.4. The summed E-state index contributed by atoms with van der Waals surface area (Å²) in [5.74, 6) is 0.